The van der Waals surface area contributed by atoms with Gasteiger partial charge in [0.15, 0.2) is 0 Å². The molecular weight excluding hydrogens is 248 g/mol. The summed E-state index contributed by atoms with van der Waals surface area (Å²) in [6.45, 7) is 6.36. The molecule has 5 rings (SSSR count). The summed E-state index contributed by atoms with van der Waals surface area (Å²) < 4.78 is 5.33. The lowest BCUT2D eigenvalue weighted by Crippen LogP contribution is -2.54. The molecule has 3 heteroatoms. The van der Waals surface area contributed by atoms with Crippen LogP contribution < -0.4 is 5.32 Å². The van der Waals surface area contributed by atoms with E-state index in [2.05, 4.69) is 24.3 Å². The maximum Gasteiger partial charge on any atom is 0.138 e. The molecule has 1 aromatic heterocycles. The lowest BCUT2D eigenvalue weighted by Gasteiger charge is -2.55. The van der Waals surface area contributed by atoms with Gasteiger partial charge in [-0.25, -0.2) is 0 Å². The first kappa shape index (κ1) is 12.9. The van der Waals surface area contributed by atoms with Crippen LogP contribution in [0, 0.1) is 37.5 Å². The summed E-state index contributed by atoms with van der Waals surface area (Å²) in [6, 6.07) is 1.09. The predicted molar refractivity (Wildman–Crippen MR) is 78.4 cm³/mol. The van der Waals surface area contributed by atoms with E-state index in [1.165, 1.54) is 37.7 Å². The van der Waals surface area contributed by atoms with Crippen molar-refractivity contribution < 1.29 is 4.52 Å². The van der Waals surface area contributed by atoms with Gasteiger partial charge >= 0.3 is 0 Å². The lowest BCUT2D eigenvalue weighted by atomic mass is 9.54. The Morgan fingerprint density at radius 1 is 1.05 bits per heavy atom. The molecule has 1 N–H and O–H groups in total. The first-order chi connectivity index (χ1) is 9.61. The van der Waals surface area contributed by atoms with Crippen molar-refractivity contribution in [2.45, 2.75) is 65.0 Å². The normalized spacial score (nSPS) is 40.2. The standard InChI is InChI=1S/C17H26N2O/c1-9(16-10(2)19-20-11(16)3)18-17-14-5-12-4-13(7-14)8-15(17)6-12/h9,12-15,17-18H,4-8H2,1-3H3. The minimum Gasteiger partial charge on any atom is -0.361 e. The van der Waals surface area contributed by atoms with E-state index in [-0.39, 0.29) is 0 Å². The Morgan fingerprint density at radius 3 is 2.15 bits per heavy atom. The van der Waals surface area contributed by atoms with Crippen molar-refractivity contribution in [1.29, 1.82) is 0 Å². The molecule has 0 spiro atoms. The fraction of sp³-hybridized carbons (Fsp3) is 0.824. The van der Waals surface area contributed by atoms with Crippen molar-refractivity contribution in [3.8, 4) is 0 Å². The van der Waals surface area contributed by atoms with Gasteiger partial charge in [0.2, 0.25) is 0 Å². The number of hydrogen-bond donors (Lipinski definition) is 1. The van der Waals surface area contributed by atoms with Crippen LogP contribution in [0.3, 0.4) is 0 Å². The average molecular weight is 274 g/mol. The summed E-state index contributed by atoms with van der Waals surface area (Å²) in [4.78, 5) is 0. The Labute approximate surface area is 121 Å². The molecule has 20 heavy (non-hydrogen) atoms. The predicted octanol–water partition coefficient (Wildman–Crippen LogP) is 3.77. The van der Waals surface area contributed by atoms with Gasteiger partial charge in [-0.1, -0.05) is 5.16 Å². The van der Waals surface area contributed by atoms with Crippen LogP contribution in [0.1, 0.15) is 62.1 Å². The molecule has 4 saturated carbocycles. The van der Waals surface area contributed by atoms with Gasteiger partial charge in [-0.05, 0) is 76.5 Å². The number of aryl methyl sites for hydroxylation is 2. The lowest BCUT2D eigenvalue weighted by molar-refractivity contribution is -0.0171. The number of hydrogen-bond acceptors (Lipinski definition) is 3. The Balaban J connectivity index is 1.52. The van der Waals surface area contributed by atoms with E-state index in [1.807, 2.05) is 6.92 Å². The highest BCUT2D eigenvalue weighted by Crippen LogP contribution is 2.54. The van der Waals surface area contributed by atoms with Gasteiger partial charge in [0.05, 0.1) is 5.69 Å². The molecule has 0 saturated heterocycles. The number of nitrogens with zero attached hydrogens (tertiary/aromatic N) is 1. The topological polar surface area (TPSA) is 38.1 Å². The Morgan fingerprint density at radius 2 is 1.65 bits per heavy atom. The fourth-order valence-electron chi connectivity index (χ4n) is 5.68. The van der Waals surface area contributed by atoms with Crippen molar-refractivity contribution in [2.24, 2.45) is 23.7 Å². The number of aromatic nitrogens is 1. The molecule has 1 heterocycles. The van der Waals surface area contributed by atoms with E-state index < -0.39 is 0 Å². The third kappa shape index (κ3) is 1.93. The SMILES string of the molecule is Cc1noc(C)c1C(C)NC1C2CC3CC(C2)CC1C3. The summed E-state index contributed by atoms with van der Waals surface area (Å²) in [5, 5.41) is 8.05. The Bertz CT molecular complexity index is 460. The zero-order valence-corrected chi connectivity index (χ0v) is 12.9. The second-order valence-corrected chi connectivity index (χ2v) is 7.58. The van der Waals surface area contributed by atoms with Crippen LogP contribution in [0.15, 0.2) is 4.52 Å². The zero-order valence-electron chi connectivity index (χ0n) is 12.9. The largest absolute Gasteiger partial charge is 0.361 e. The van der Waals surface area contributed by atoms with Crippen molar-refractivity contribution in [2.75, 3.05) is 0 Å². The highest BCUT2D eigenvalue weighted by molar-refractivity contribution is 5.24. The summed E-state index contributed by atoms with van der Waals surface area (Å²) in [5.74, 6) is 4.92. The van der Waals surface area contributed by atoms with Crippen molar-refractivity contribution in [3.63, 3.8) is 0 Å². The van der Waals surface area contributed by atoms with Crippen LogP contribution in [-0.4, -0.2) is 11.2 Å². The van der Waals surface area contributed by atoms with Crippen molar-refractivity contribution in [1.82, 2.24) is 10.5 Å². The highest BCUT2D eigenvalue weighted by atomic mass is 16.5. The average Bonchev–Trinajstić information content (AvgIpc) is 2.72. The van der Waals surface area contributed by atoms with E-state index in [9.17, 15) is 0 Å². The van der Waals surface area contributed by atoms with Crippen LogP contribution in [0.25, 0.3) is 0 Å². The molecule has 110 valence electrons. The fourth-order valence-corrected chi connectivity index (χ4v) is 5.68. The van der Waals surface area contributed by atoms with E-state index in [0.29, 0.717) is 6.04 Å². The summed E-state index contributed by atoms with van der Waals surface area (Å²) >= 11 is 0. The van der Waals surface area contributed by atoms with E-state index in [4.69, 9.17) is 4.52 Å². The maximum absolute atomic E-state index is 5.33. The Kier molecular flexibility index (Phi) is 2.95. The molecule has 0 aromatic carbocycles. The van der Waals surface area contributed by atoms with Crippen LogP contribution in [0.5, 0.6) is 0 Å². The molecule has 4 aliphatic carbocycles. The second kappa shape index (κ2) is 4.59. The quantitative estimate of drug-likeness (QED) is 0.912. The van der Waals surface area contributed by atoms with Crippen LogP contribution >= 0.6 is 0 Å². The van der Waals surface area contributed by atoms with Gasteiger partial charge in [0.1, 0.15) is 5.76 Å². The van der Waals surface area contributed by atoms with Gasteiger partial charge in [-0.3, -0.25) is 0 Å². The monoisotopic (exact) mass is 274 g/mol. The van der Waals surface area contributed by atoms with Crippen LogP contribution in [0.2, 0.25) is 0 Å². The molecule has 0 aliphatic heterocycles. The molecule has 1 unspecified atom stereocenters. The van der Waals surface area contributed by atoms with E-state index in [0.717, 1.165) is 41.2 Å². The molecule has 4 fully saturated rings. The van der Waals surface area contributed by atoms with Crippen molar-refractivity contribution >= 4 is 0 Å². The molecule has 1 aromatic rings. The molecule has 3 nitrogen and oxygen atoms in total. The summed E-state index contributed by atoms with van der Waals surface area (Å²) in [5.41, 5.74) is 2.32. The minimum absolute atomic E-state index is 0.365. The van der Waals surface area contributed by atoms with Gasteiger partial charge in [0.25, 0.3) is 0 Å². The van der Waals surface area contributed by atoms with Crippen LogP contribution in [0.4, 0.5) is 0 Å². The molecule has 1 atom stereocenters. The molecule has 0 radical (unpaired) electrons. The third-order valence-electron chi connectivity index (χ3n) is 6.19. The third-order valence-corrected chi connectivity index (χ3v) is 6.19. The highest BCUT2D eigenvalue weighted by Gasteiger charge is 2.48. The van der Waals surface area contributed by atoms with Crippen LogP contribution in [-0.2, 0) is 0 Å². The van der Waals surface area contributed by atoms with Crippen molar-refractivity contribution in [3.05, 3.63) is 17.0 Å². The molecule has 4 aliphatic rings. The Hall–Kier alpha value is -0.830. The van der Waals surface area contributed by atoms with Gasteiger partial charge in [-0.2, -0.15) is 0 Å². The first-order valence-electron chi connectivity index (χ1n) is 8.30. The number of rotatable bonds is 3. The first-order valence-corrected chi connectivity index (χ1v) is 8.30. The van der Waals surface area contributed by atoms with E-state index >= 15 is 0 Å². The van der Waals surface area contributed by atoms with Gasteiger partial charge in [-0.15, -0.1) is 0 Å². The maximum atomic E-state index is 5.33. The summed E-state index contributed by atoms with van der Waals surface area (Å²) in [6.07, 6.45) is 7.41. The second-order valence-electron chi connectivity index (χ2n) is 7.58. The smallest absolute Gasteiger partial charge is 0.138 e. The zero-order chi connectivity index (χ0) is 13.9. The number of nitrogens with one attached hydrogen (secondary N) is 1. The van der Waals surface area contributed by atoms with Gasteiger partial charge in [0, 0.05) is 17.6 Å². The van der Waals surface area contributed by atoms with Gasteiger partial charge < -0.3 is 9.84 Å². The molecular formula is C17H26N2O. The molecule has 4 bridgehead atoms. The minimum atomic E-state index is 0.365. The molecule has 0 amide bonds. The summed E-state index contributed by atoms with van der Waals surface area (Å²) in [7, 11) is 0. The van der Waals surface area contributed by atoms with E-state index in [1.54, 1.807) is 0 Å².